The third-order valence-corrected chi connectivity index (χ3v) is 3.40. The maximum absolute atomic E-state index is 12.3. The Morgan fingerprint density at radius 2 is 2.13 bits per heavy atom. The van der Waals surface area contributed by atoms with E-state index in [1.54, 1.807) is 41.0 Å². The summed E-state index contributed by atoms with van der Waals surface area (Å²) in [6.07, 6.45) is 6.74. The number of amides is 1. The van der Waals surface area contributed by atoms with Gasteiger partial charge in [-0.25, -0.2) is 19.5 Å². The van der Waals surface area contributed by atoms with Crippen LogP contribution < -0.4 is 10.2 Å². The third-order valence-electron chi connectivity index (χ3n) is 3.40. The lowest BCUT2D eigenvalue weighted by Gasteiger charge is -2.12. The van der Waals surface area contributed by atoms with Crippen molar-refractivity contribution in [2.24, 2.45) is 0 Å². The molecule has 118 valence electrons. The quantitative estimate of drug-likeness (QED) is 0.767. The van der Waals surface area contributed by atoms with E-state index in [0.717, 1.165) is 11.2 Å². The number of aryl methyl sites for hydroxylation is 1. The number of nitrogens with zero attached hydrogens (tertiary/aromatic N) is 6. The van der Waals surface area contributed by atoms with Crippen molar-refractivity contribution >= 4 is 17.5 Å². The van der Waals surface area contributed by atoms with Crippen molar-refractivity contribution in [3.8, 4) is 0 Å². The van der Waals surface area contributed by atoms with Gasteiger partial charge in [0, 0.05) is 44.8 Å². The second kappa shape index (κ2) is 5.99. The van der Waals surface area contributed by atoms with E-state index in [2.05, 4.69) is 25.4 Å². The molecule has 0 spiro atoms. The highest BCUT2D eigenvalue weighted by atomic mass is 16.1. The van der Waals surface area contributed by atoms with E-state index in [4.69, 9.17) is 0 Å². The van der Waals surface area contributed by atoms with Crippen LogP contribution in [0.15, 0.2) is 30.9 Å². The van der Waals surface area contributed by atoms with Crippen LogP contribution in [-0.4, -0.2) is 44.6 Å². The molecular weight excluding hydrogens is 294 g/mol. The number of carbonyl (C=O) groups is 1. The fourth-order valence-electron chi connectivity index (χ4n) is 2.16. The Bertz CT molecular complexity index is 856. The standard InChI is InChI=1S/C15H17N7O/c1-10-12(9-18-15(20-10)21(2)3)14(23)17-7-11-8-19-22-6-4-5-16-13(11)22/h4-6,8-9H,7H2,1-3H3,(H,17,23). The molecule has 0 unspecified atom stereocenters. The molecule has 3 heterocycles. The molecular formula is C15H17N7O. The van der Waals surface area contributed by atoms with Gasteiger partial charge in [-0.1, -0.05) is 0 Å². The lowest BCUT2D eigenvalue weighted by atomic mass is 10.2. The van der Waals surface area contributed by atoms with Crippen molar-refractivity contribution in [2.75, 3.05) is 19.0 Å². The molecule has 0 aliphatic heterocycles. The van der Waals surface area contributed by atoms with Gasteiger partial charge >= 0.3 is 0 Å². The van der Waals surface area contributed by atoms with E-state index in [-0.39, 0.29) is 5.91 Å². The Hall–Kier alpha value is -3.03. The zero-order valence-electron chi connectivity index (χ0n) is 13.2. The van der Waals surface area contributed by atoms with Gasteiger partial charge in [0.15, 0.2) is 5.65 Å². The zero-order chi connectivity index (χ0) is 16.4. The maximum atomic E-state index is 12.3. The van der Waals surface area contributed by atoms with Crippen molar-refractivity contribution in [2.45, 2.75) is 13.5 Å². The number of nitrogens with one attached hydrogen (secondary N) is 1. The first-order chi connectivity index (χ1) is 11.1. The van der Waals surface area contributed by atoms with E-state index >= 15 is 0 Å². The van der Waals surface area contributed by atoms with Gasteiger partial charge in [0.2, 0.25) is 5.95 Å². The highest BCUT2D eigenvalue weighted by molar-refractivity contribution is 5.95. The zero-order valence-corrected chi connectivity index (χ0v) is 13.2. The first-order valence-electron chi connectivity index (χ1n) is 7.12. The average Bonchev–Trinajstić information content (AvgIpc) is 2.95. The molecule has 3 rings (SSSR count). The molecule has 1 N–H and O–H groups in total. The second-order valence-corrected chi connectivity index (χ2v) is 5.30. The van der Waals surface area contributed by atoms with E-state index in [1.165, 1.54) is 0 Å². The SMILES string of the molecule is Cc1nc(N(C)C)ncc1C(=O)NCc1cnn2cccnc12. The van der Waals surface area contributed by atoms with Crippen LogP contribution in [0.3, 0.4) is 0 Å². The summed E-state index contributed by atoms with van der Waals surface area (Å²) in [7, 11) is 3.71. The first-order valence-corrected chi connectivity index (χ1v) is 7.12. The molecule has 0 saturated carbocycles. The summed E-state index contributed by atoms with van der Waals surface area (Å²) in [5, 5.41) is 7.05. The highest BCUT2D eigenvalue weighted by Crippen LogP contribution is 2.10. The van der Waals surface area contributed by atoms with E-state index in [1.807, 2.05) is 20.3 Å². The van der Waals surface area contributed by atoms with Gasteiger partial charge in [-0.3, -0.25) is 4.79 Å². The van der Waals surface area contributed by atoms with Gasteiger partial charge in [-0.15, -0.1) is 0 Å². The van der Waals surface area contributed by atoms with E-state index in [0.29, 0.717) is 23.8 Å². The molecule has 8 heteroatoms. The van der Waals surface area contributed by atoms with Crippen LogP contribution in [0, 0.1) is 6.92 Å². The summed E-state index contributed by atoms with van der Waals surface area (Å²) >= 11 is 0. The molecule has 0 saturated heterocycles. The Morgan fingerprint density at radius 1 is 1.30 bits per heavy atom. The fraction of sp³-hybridized carbons (Fsp3) is 0.267. The van der Waals surface area contributed by atoms with Gasteiger partial charge in [-0.05, 0) is 13.0 Å². The predicted molar refractivity (Wildman–Crippen MR) is 85.3 cm³/mol. The fourth-order valence-corrected chi connectivity index (χ4v) is 2.16. The minimum absolute atomic E-state index is 0.219. The maximum Gasteiger partial charge on any atom is 0.254 e. The van der Waals surface area contributed by atoms with E-state index < -0.39 is 0 Å². The van der Waals surface area contributed by atoms with Crippen LogP contribution in [0.5, 0.6) is 0 Å². The minimum Gasteiger partial charge on any atom is -0.348 e. The summed E-state index contributed by atoms with van der Waals surface area (Å²) < 4.78 is 1.67. The Morgan fingerprint density at radius 3 is 2.87 bits per heavy atom. The average molecular weight is 311 g/mol. The largest absolute Gasteiger partial charge is 0.348 e. The monoisotopic (exact) mass is 311 g/mol. The molecule has 0 radical (unpaired) electrons. The number of hydrogen-bond donors (Lipinski definition) is 1. The van der Waals surface area contributed by atoms with Crippen molar-refractivity contribution < 1.29 is 4.79 Å². The number of anilines is 1. The van der Waals surface area contributed by atoms with Gasteiger partial charge in [0.1, 0.15) is 0 Å². The highest BCUT2D eigenvalue weighted by Gasteiger charge is 2.13. The van der Waals surface area contributed by atoms with Gasteiger partial charge in [-0.2, -0.15) is 5.10 Å². The second-order valence-electron chi connectivity index (χ2n) is 5.30. The molecule has 0 atom stereocenters. The van der Waals surface area contributed by atoms with Crippen LogP contribution in [0.2, 0.25) is 0 Å². The smallest absolute Gasteiger partial charge is 0.254 e. The number of hydrogen-bond acceptors (Lipinski definition) is 6. The first kappa shape index (κ1) is 14.9. The summed E-state index contributed by atoms with van der Waals surface area (Å²) in [4.78, 5) is 26.9. The molecule has 0 fully saturated rings. The Kier molecular flexibility index (Phi) is 3.88. The lowest BCUT2D eigenvalue weighted by molar-refractivity contribution is 0.0949. The van der Waals surface area contributed by atoms with Crippen molar-refractivity contribution in [1.29, 1.82) is 0 Å². The summed E-state index contributed by atoms with van der Waals surface area (Å²) in [5.74, 6) is 0.356. The molecule has 0 aromatic carbocycles. The van der Waals surface area contributed by atoms with Gasteiger partial charge in [0.25, 0.3) is 5.91 Å². The molecule has 1 amide bonds. The van der Waals surface area contributed by atoms with Crippen LogP contribution in [-0.2, 0) is 6.54 Å². The Labute approximate surface area is 133 Å². The van der Waals surface area contributed by atoms with Crippen LogP contribution >= 0.6 is 0 Å². The number of carbonyl (C=O) groups excluding carboxylic acids is 1. The molecule has 0 aliphatic carbocycles. The summed E-state index contributed by atoms with van der Waals surface area (Å²) in [6, 6.07) is 1.80. The van der Waals surface area contributed by atoms with E-state index in [9.17, 15) is 4.79 Å². The lowest BCUT2D eigenvalue weighted by Crippen LogP contribution is -2.25. The summed E-state index contributed by atoms with van der Waals surface area (Å²) in [5.41, 5.74) is 2.67. The van der Waals surface area contributed by atoms with Crippen molar-refractivity contribution in [1.82, 2.24) is 29.9 Å². The third kappa shape index (κ3) is 2.96. The number of rotatable bonds is 4. The molecule has 0 bridgehead atoms. The number of fused-ring (bicyclic) bond motifs is 1. The van der Waals surface area contributed by atoms with Crippen LogP contribution in [0.1, 0.15) is 21.6 Å². The van der Waals surface area contributed by atoms with Gasteiger partial charge < -0.3 is 10.2 Å². The minimum atomic E-state index is -0.219. The molecule has 0 aliphatic rings. The van der Waals surface area contributed by atoms with Crippen LogP contribution in [0.25, 0.3) is 5.65 Å². The van der Waals surface area contributed by atoms with Gasteiger partial charge in [0.05, 0.1) is 17.5 Å². The number of aromatic nitrogens is 5. The molecule has 3 aromatic rings. The molecule has 8 nitrogen and oxygen atoms in total. The summed E-state index contributed by atoms with van der Waals surface area (Å²) in [6.45, 7) is 2.13. The topological polar surface area (TPSA) is 88.3 Å². The normalized spacial score (nSPS) is 10.7. The van der Waals surface area contributed by atoms with Crippen molar-refractivity contribution in [3.05, 3.63) is 47.7 Å². The molecule has 3 aromatic heterocycles. The molecule has 23 heavy (non-hydrogen) atoms. The van der Waals surface area contributed by atoms with Crippen LogP contribution in [0.4, 0.5) is 5.95 Å². The van der Waals surface area contributed by atoms with Crippen molar-refractivity contribution in [3.63, 3.8) is 0 Å². The Balaban J connectivity index is 1.75. The predicted octanol–water partition coefficient (Wildman–Crippen LogP) is 0.824.